The van der Waals surface area contributed by atoms with E-state index in [-0.39, 0.29) is 12.1 Å². The van der Waals surface area contributed by atoms with Gasteiger partial charge >= 0.3 is 6.09 Å². The lowest BCUT2D eigenvalue weighted by Crippen LogP contribution is -2.44. The summed E-state index contributed by atoms with van der Waals surface area (Å²) in [5, 5.41) is 6.38. The van der Waals surface area contributed by atoms with Crippen LogP contribution in [0.5, 0.6) is 11.5 Å². The highest BCUT2D eigenvalue weighted by molar-refractivity contribution is 5.80. The number of hydrogen-bond acceptors (Lipinski definition) is 5. The van der Waals surface area contributed by atoms with Crippen molar-refractivity contribution in [1.29, 1.82) is 0 Å². The van der Waals surface area contributed by atoms with Crippen LogP contribution in [0.15, 0.2) is 23.2 Å². The quantitative estimate of drug-likeness (QED) is 0.371. The topological polar surface area (TPSA) is 84.4 Å². The number of guanidine groups is 1. The van der Waals surface area contributed by atoms with Crippen molar-refractivity contribution in [3.05, 3.63) is 23.8 Å². The van der Waals surface area contributed by atoms with Crippen LogP contribution in [-0.4, -0.2) is 69.0 Å². The molecule has 1 aliphatic rings. The molecule has 1 fully saturated rings. The number of hydrogen-bond donors (Lipinski definition) is 2. The van der Waals surface area contributed by atoms with E-state index < -0.39 is 5.60 Å². The van der Waals surface area contributed by atoms with E-state index in [0.29, 0.717) is 6.61 Å². The number of likely N-dealkylation sites (tertiary alicyclic amines) is 1. The summed E-state index contributed by atoms with van der Waals surface area (Å²) in [4.78, 5) is 18.6. The number of nitrogens with one attached hydrogen (secondary N) is 2. The van der Waals surface area contributed by atoms with Crippen molar-refractivity contribution in [2.24, 2.45) is 4.99 Å². The number of carbonyl (C=O) groups excluding carboxylic acids is 1. The molecular formula is C23H38N4O4. The van der Waals surface area contributed by atoms with Crippen molar-refractivity contribution in [1.82, 2.24) is 15.5 Å². The fourth-order valence-corrected chi connectivity index (χ4v) is 3.51. The standard InChI is InChI=1S/C23H38N4O4/c1-7-30-20-15-17(10-11-19(20)29-6)9-8-13-25-21(24-5)27-14-12-18(16-27)26-22(28)31-23(2,3)4/h10-11,15,18H,7-9,12-14,16H2,1-6H3,(H,24,25)(H,26,28). The Balaban J connectivity index is 1.77. The Kier molecular flexibility index (Phi) is 9.27. The van der Waals surface area contributed by atoms with Crippen LogP contribution in [-0.2, 0) is 11.2 Å². The highest BCUT2D eigenvalue weighted by Gasteiger charge is 2.27. The van der Waals surface area contributed by atoms with E-state index >= 15 is 0 Å². The summed E-state index contributed by atoms with van der Waals surface area (Å²) in [6.07, 6.45) is 2.39. The van der Waals surface area contributed by atoms with Gasteiger partial charge in [0.05, 0.1) is 19.8 Å². The van der Waals surface area contributed by atoms with Crippen molar-refractivity contribution in [2.45, 2.75) is 58.6 Å². The highest BCUT2D eigenvalue weighted by atomic mass is 16.6. The molecule has 1 aromatic rings. The lowest BCUT2D eigenvalue weighted by molar-refractivity contribution is 0.0507. The second kappa shape index (κ2) is 11.7. The van der Waals surface area contributed by atoms with Gasteiger partial charge in [0.15, 0.2) is 17.5 Å². The average molecular weight is 435 g/mol. The molecule has 8 nitrogen and oxygen atoms in total. The van der Waals surface area contributed by atoms with Gasteiger partial charge in [0.2, 0.25) is 0 Å². The lowest BCUT2D eigenvalue weighted by atomic mass is 10.1. The molecule has 0 saturated carbocycles. The number of methoxy groups -OCH3 is 1. The molecule has 0 bridgehead atoms. The van der Waals surface area contributed by atoms with Gasteiger partial charge in [-0.3, -0.25) is 4.99 Å². The van der Waals surface area contributed by atoms with Gasteiger partial charge in [0, 0.05) is 26.7 Å². The minimum absolute atomic E-state index is 0.0599. The third-order valence-corrected chi connectivity index (χ3v) is 4.87. The number of rotatable bonds is 8. The fourth-order valence-electron chi connectivity index (χ4n) is 3.51. The molecule has 8 heteroatoms. The van der Waals surface area contributed by atoms with E-state index in [1.165, 1.54) is 5.56 Å². The third kappa shape index (κ3) is 8.19. The Morgan fingerprint density at radius 3 is 2.71 bits per heavy atom. The highest BCUT2D eigenvalue weighted by Crippen LogP contribution is 2.28. The summed E-state index contributed by atoms with van der Waals surface area (Å²) in [6, 6.07) is 6.13. The van der Waals surface area contributed by atoms with Gasteiger partial charge in [-0.1, -0.05) is 6.07 Å². The maximum Gasteiger partial charge on any atom is 0.407 e. The molecule has 174 valence electrons. The van der Waals surface area contributed by atoms with E-state index in [9.17, 15) is 4.79 Å². The van der Waals surface area contributed by atoms with Gasteiger partial charge in [-0.2, -0.15) is 0 Å². The van der Waals surface area contributed by atoms with Crippen LogP contribution in [0.3, 0.4) is 0 Å². The van der Waals surface area contributed by atoms with Crippen molar-refractivity contribution in [3.8, 4) is 11.5 Å². The second-order valence-electron chi connectivity index (χ2n) is 8.57. The van der Waals surface area contributed by atoms with Gasteiger partial charge in [0.25, 0.3) is 0 Å². The predicted molar refractivity (Wildman–Crippen MR) is 123 cm³/mol. The van der Waals surface area contributed by atoms with E-state index in [4.69, 9.17) is 14.2 Å². The minimum atomic E-state index is -0.493. The molecule has 1 unspecified atom stereocenters. The summed E-state index contributed by atoms with van der Waals surface area (Å²) in [5.74, 6) is 2.40. The lowest BCUT2D eigenvalue weighted by Gasteiger charge is -2.23. The molecular weight excluding hydrogens is 396 g/mol. The van der Waals surface area contributed by atoms with E-state index in [2.05, 4.69) is 26.6 Å². The third-order valence-electron chi connectivity index (χ3n) is 4.87. The van der Waals surface area contributed by atoms with Crippen LogP contribution in [0.1, 0.15) is 46.1 Å². The number of nitrogens with zero attached hydrogens (tertiary/aromatic N) is 2. The Morgan fingerprint density at radius 1 is 1.29 bits per heavy atom. The van der Waals surface area contributed by atoms with Crippen molar-refractivity contribution < 1.29 is 19.0 Å². The molecule has 0 aliphatic carbocycles. The van der Waals surface area contributed by atoms with E-state index in [1.54, 1.807) is 14.2 Å². The normalized spacial score (nSPS) is 16.8. The van der Waals surface area contributed by atoms with Crippen LogP contribution in [0.4, 0.5) is 4.79 Å². The molecule has 0 aromatic heterocycles. The summed E-state index contributed by atoms with van der Waals surface area (Å²) >= 11 is 0. The molecule has 1 heterocycles. The molecule has 1 atom stereocenters. The number of alkyl carbamates (subject to hydrolysis) is 1. The monoisotopic (exact) mass is 434 g/mol. The first-order valence-corrected chi connectivity index (χ1v) is 11.0. The number of benzene rings is 1. The maximum absolute atomic E-state index is 12.0. The van der Waals surface area contributed by atoms with Crippen LogP contribution in [0, 0.1) is 0 Å². The number of carbonyl (C=O) groups is 1. The summed E-state index contributed by atoms with van der Waals surface area (Å²) in [5.41, 5.74) is 0.719. The van der Waals surface area contributed by atoms with Crippen molar-refractivity contribution in [3.63, 3.8) is 0 Å². The smallest absolute Gasteiger partial charge is 0.407 e. The summed E-state index contributed by atoms with van der Waals surface area (Å²) < 4.78 is 16.4. The molecule has 1 aromatic carbocycles. The first-order valence-electron chi connectivity index (χ1n) is 11.0. The molecule has 2 N–H and O–H groups in total. The summed E-state index contributed by atoms with van der Waals surface area (Å²) in [6.45, 7) is 10.5. The number of aliphatic imine (C=N–C) groups is 1. The molecule has 1 amide bonds. The zero-order chi connectivity index (χ0) is 22.9. The molecule has 0 radical (unpaired) electrons. The SMILES string of the molecule is CCOc1cc(CCCNC(=NC)N2CCC(NC(=O)OC(C)(C)C)C2)ccc1OC. The molecule has 1 aliphatic heterocycles. The van der Waals surface area contributed by atoms with E-state index in [1.807, 2.05) is 39.8 Å². The Hall–Kier alpha value is -2.64. The Bertz CT molecular complexity index is 746. The van der Waals surface area contributed by atoms with Gasteiger partial charge < -0.3 is 29.7 Å². The van der Waals surface area contributed by atoms with Crippen LogP contribution in [0.25, 0.3) is 0 Å². The predicted octanol–water partition coefficient (Wildman–Crippen LogP) is 3.20. The Morgan fingerprint density at radius 2 is 2.06 bits per heavy atom. The van der Waals surface area contributed by atoms with Gasteiger partial charge in [0.1, 0.15) is 5.60 Å². The summed E-state index contributed by atoms with van der Waals surface area (Å²) in [7, 11) is 3.44. The van der Waals surface area contributed by atoms with Crippen LogP contribution >= 0.6 is 0 Å². The second-order valence-corrected chi connectivity index (χ2v) is 8.57. The zero-order valence-electron chi connectivity index (χ0n) is 19.8. The molecule has 0 spiro atoms. The molecule has 2 rings (SSSR count). The van der Waals surface area contributed by atoms with Crippen molar-refractivity contribution >= 4 is 12.1 Å². The molecule has 1 saturated heterocycles. The van der Waals surface area contributed by atoms with Gasteiger partial charge in [-0.15, -0.1) is 0 Å². The minimum Gasteiger partial charge on any atom is -0.493 e. The number of ether oxygens (including phenoxy) is 3. The maximum atomic E-state index is 12.0. The van der Waals surface area contributed by atoms with Gasteiger partial charge in [-0.25, -0.2) is 4.79 Å². The van der Waals surface area contributed by atoms with E-state index in [0.717, 1.165) is 56.4 Å². The van der Waals surface area contributed by atoms with Crippen molar-refractivity contribution in [2.75, 3.05) is 40.4 Å². The fraction of sp³-hybridized carbons (Fsp3) is 0.652. The largest absolute Gasteiger partial charge is 0.493 e. The number of aryl methyl sites for hydroxylation is 1. The first kappa shape index (κ1) is 24.6. The Labute approximate surface area is 186 Å². The number of amides is 1. The first-order chi connectivity index (χ1) is 14.8. The van der Waals surface area contributed by atoms with Gasteiger partial charge in [-0.05, 0) is 64.7 Å². The average Bonchev–Trinajstić information content (AvgIpc) is 3.15. The van der Waals surface area contributed by atoms with Crippen LogP contribution < -0.4 is 20.1 Å². The molecule has 31 heavy (non-hydrogen) atoms. The zero-order valence-corrected chi connectivity index (χ0v) is 19.8. The van der Waals surface area contributed by atoms with Crippen LogP contribution in [0.2, 0.25) is 0 Å².